The number of nitrogens with one attached hydrogen (secondary N) is 1. The Hall–Kier alpha value is -3.15. The van der Waals surface area contributed by atoms with E-state index in [9.17, 15) is 9.59 Å². The van der Waals surface area contributed by atoms with Gasteiger partial charge < -0.3 is 5.32 Å². The van der Waals surface area contributed by atoms with Crippen molar-refractivity contribution in [1.29, 1.82) is 0 Å². The highest BCUT2D eigenvalue weighted by Crippen LogP contribution is 2.26. The molecule has 1 amide bonds. The summed E-state index contributed by atoms with van der Waals surface area (Å²) in [5.41, 5.74) is 0.727. The van der Waals surface area contributed by atoms with Crippen LogP contribution >= 0.6 is 23.2 Å². The van der Waals surface area contributed by atoms with Crippen LogP contribution in [0.2, 0.25) is 10.0 Å². The van der Waals surface area contributed by atoms with Crippen molar-refractivity contribution in [3.8, 4) is 5.69 Å². The molecule has 4 rings (SSSR count). The monoisotopic (exact) mass is 409 g/mol. The molecule has 0 spiro atoms. The third-order valence-electron chi connectivity index (χ3n) is 4.20. The van der Waals surface area contributed by atoms with Crippen LogP contribution in [0.25, 0.3) is 16.5 Å². The van der Waals surface area contributed by atoms with Gasteiger partial charge in [-0.15, -0.1) is 0 Å². The molecule has 0 aliphatic heterocycles. The minimum absolute atomic E-state index is 0.107. The number of hydrogen-bond donors (Lipinski definition) is 1. The minimum atomic E-state index is -0.495. The van der Waals surface area contributed by atoms with E-state index in [2.05, 4.69) is 10.4 Å². The largest absolute Gasteiger partial charge is 0.319 e. The maximum absolute atomic E-state index is 13.0. The average Bonchev–Trinajstić information content (AvgIpc) is 2.72. The molecule has 5 nitrogen and oxygen atoms in total. The Morgan fingerprint density at radius 2 is 1.57 bits per heavy atom. The molecule has 1 heterocycles. The molecular weight excluding hydrogens is 397 g/mol. The topological polar surface area (TPSA) is 64.0 Å². The van der Waals surface area contributed by atoms with E-state index in [4.69, 9.17) is 23.2 Å². The molecule has 1 N–H and O–H groups in total. The maximum atomic E-state index is 13.0. The molecule has 3 aromatic carbocycles. The molecule has 1 aromatic heterocycles. The number of halogens is 2. The van der Waals surface area contributed by atoms with Gasteiger partial charge in [0.1, 0.15) is 0 Å². The predicted molar refractivity (Wildman–Crippen MR) is 112 cm³/mol. The van der Waals surface area contributed by atoms with Gasteiger partial charge in [-0.05, 0) is 36.4 Å². The first-order chi connectivity index (χ1) is 13.5. The standard InChI is InChI=1S/C21H13Cl2N3O2/c22-13-10-11-17(23)18(12-13)24-20(27)19-15-8-4-5-9-16(15)21(28)26(25-19)14-6-2-1-3-7-14/h1-12H,(H,24,27). The Bertz CT molecular complexity index is 1250. The molecule has 0 bridgehead atoms. The molecular formula is C21H13Cl2N3O2. The van der Waals surface area contributed by atoms with E-state index in [0.717, 1.165) is 0 Å². The van der Waals surface area contributed by atoms with Crippen LogP contribution in [0, 0.1) is 0 Å². The summed E-state index contributed by atoms with van der Waals surface area (Å²) in [4.78, 5) is 25.9. The second-order valence-electron chi connectivity index (χ2n) is 6.02. The Labute approximate surface area is 170 Å². The number of hydrogen-bond acceptors (Lipinski definition) is 3. The fraction of sp³-hybridized carbons (Fsp3) is 0. The summed E-state index contributed by atoms with van der Waals surface area (Å²) in [6.45, 7) is 0. The van der Waals surface area contributed by atoms with Crippen molar-refractivity contribution in [3.05, 3.63) is 98.9 Å². The number of aromatic nitrogens is 2. The molecule has 4 aromatic rings. The Morgan fingerprint density at radius 3 is 2.32 bits per heavy atom. The summed E-state index contributed by atoms with van der Waals surface area (Å²) < 4.78 is 1.22. The third kappa shape index (κ3) is 3.38. The molecule has 0 aliphatic carbocycles. The van der Waals surface area contributed by atoms with E-state index >= 15 is 0 Å². The summed E-state index contributed by atoms with van der Waals surface area (Å²) in [6, 6.07) is 20.6. The fourth-order valence-corrected chi connectivity index (χ4v) is 3.21. The summed E-state index contributed by atoms with van der Waals surface area (Å²) in [6.07, 6.45) is 0. The van der Waals surface area contributed by atoms with E-state index in [1.165, 1.54) is 4.68 Å². The van der Waals surface area contributed by atoms with Gasteiger partial charge in [-0.1, -0.05) is 59.6 Å². The Balaban J connectivity index is 1.88. The number of carbonyl (C=O) groups excluding carboxylic acids is 1. The van der Waals surface area contributed by atoms with Crippen molar-refractivity contribution in [2.75, 3.05) is 5.32 Å². The highest BCUT2D eigenvalue weighted by molar-refractivity contribution is 6.36. The molecule has 0 radical (unpaired) electrons. The van der Waals surface area contributed by atoms with Crippen LogP contribution in [0.5, 0.6) is 0 Å². The zero-order valence-corrected chi connectivity index (χ0v) is 15.9. The van der Waals surface area contributed by atoms with Crippen LogP contribution in [0.1, 0.15) is 10.5 Å². The van der Waals surface area contributed by atoms with Crippen molar-refractivity contribution in [3.63, 3.8) is 0 Å². The first-order valence-electron chi connectivity index (χ1n) is 8.38. The van der Waals surface area contributed by atoms with Gasteiger partial charge in [-0.3, -0.25) is 9.59 Å². The van der Waals surface area contributed by atoms with Crippen molar-refractivity contribution in [2.45, 2.75) is 0 Å². The smallest absolute Gasteiger partial charge is 0.279 e. The van der Waals surface area contributed by atoms with Crippen molar-refractivity contribution in [1.82, 2.24) is 9.78 Å². The highest BCUT2D eigenvalue weighted by atomic mass is 35.5. The van der Waals surface area contributed by atoms with Crippen LogP contribution < -0.4 is 10.9 Å². The summed E-state index contributed by atoms with van der Waals surface area (Å²) in [5, 5.41) is 8.69. The number of nitrogens with zero attached hydrogens (tertiary/aromatic N) is 2. The van der Waals surface area contributed by atoms with Gasteiger partial charge in [-0.2, -0.15) is 9.78 Å². The molecule has 0 aliphatic rings. The molecule has 0 atom stereocenters. The second-order valence-corrected chi connectivity index (χ2v) is 6.87. The van der Waals surface area contributed by atoms with Crippen LogP contribution in [0.4, 0.5) is 5.69 Å². The maximum Gasteiger partial charge on any atom is 0.279 e. The number of amides is 1. The van der Waals surface area contributed by atoms with Crippen molar-refractivity contribution in [2.24, 2.45) is 0 Å². The van der Waals surface area contributed by atoms with Gasteiger partial charge >= 0.3 is 0 Å². The zero-order chi connectivity index (χ0) is 19.7. The summed E-state index contributed by atoms with van der Waals surface area (Å²) >= 11 is 12.1. The minimum Gasteiger partial charge on any atom is -0.319 e. The number of carbonyl (C=O) groups is 1. The number of para-hydroxylation sites is 1. The lowest BCUT2D eigenvalue weighted by Crippen LogP contribution is -2.26. The number of fused-ring (bicyclic) bond motifs is 1. The quantitative estimate of drug-likeness (QED) is 0.520. The first kappa shape index (κ1) is 18.2. The van der Waals surface area contributed by atoms with Gasteiger partial charge in [0.15, 0.2) is 5.69 Å². The lowest BCUT2D eigenvalue weighted by Gasteiger charge is -2.12. The first-order valence-corrected chi connectivity index (χ1v) is 9.14. The predicted octanol–water partition coefficient (Wildman–Crippen LogP) is 4.94. The van der Waals surface area contributed by atoms with Crippen molar-refractivity contribution >= 4 is 45.6 Å². The molecule has 0 saturated heterocycles. The molecule has 138 valence electrons. The zero-order valence-electron chi connectivity index (χ0n) is 14.4. The van der Waals surface area contributed by atoms with Crippen LogP contribution in [-0.2, 0) is 0 Å². The molecule has 28 heavy (non-hydrogen) atoms. The Morgan fingerprint density at radius 1 is 0.893 bits per heavy atom. The van der Waals surface area contributed by atoms with Gasteiger partial charge in [0.25, 0.3) is 11.5 Å². The van der Waals surface area contributed by atoms with E-state index in [0.29, 0.717) is 32.2 Å². The van der Waals surface area contributed by atoms with Gasteiger partial charge in [0, 0.05) is 10.4 Å². The lowest BCUT2D eigenvalue weighted by atomic mass is 10.1. The lowest BCUT2D eigenvalue weighted by molar-refractivity contribution is 0.102. The van der Waals surface area contributed by atoms with Gasteiger partial charge in [-0.25, -0.2) is 0 Å². The van der Waals surface area contributed by atoms with E-state index in [-0.39, 0.29) is 11.3 Å². The van der Waals surface area contributed by atoms with Crippen LogP contribution in [0.15, 0.2) is 77.6 Å². The van der Waals surface area contributed by atoms with Crippen LogP contribution in [-0.4, -0.2) is 15.7 Å². The normalized spacial score (nSPS) is 10.8. The van der Waals surface area contributed by atoms with E-state index < -0.39 is 5.91 Å². The second kappa shape index (κ2) is 7.46. The Kier molecular flexibility index (Phi) is 4.86. The summed E-state index contributed by atoms with van der Waals surface area (Å²) in [5.74, 6) is -0.495. The van der Waals surface area contributed by atoms with Crippen LogP contribution in [0.3, 0.4) is 0 Å². The highest BCUT2D eigenvalue weighted by Gasteiger charge is 2.18. The number of rotatable bonds is 3. The molecule has 0 saturated carbocycles. The van der Waals surface area contributed by atoms with E-state index in [1.54, 1.807) is 66.7 Å². The molecule has 7 heteroatoms. The van der Waals surface area contributed by atoms with Gasteiger partial charge in [0.2, 0.25) is 0 Å². The number of anilines is 1. The summed E-state index contributed by atoms with van der Waals surface area (Å²) in [7, 11) is 0. The van der Waals surface area contributed by atoms with E-state index in [1.807, 2.05) is 6.07 Å². The number of benzene rings is 3. The van der Waals surface area contributed by atoms with Gasteiger partial charge in [0.05, 0.1) is 21.8 Å². The average molecular weight is 410 g/mol. The fourth-order valence-electron chi connectivity index (χ4n) is 2.88. The third-order valence-corrected chi connectivity index (χ3v) is 4.76. The van der Waals surface area contributed by atoms with Crippen molar-refractivity contribution < 1.29 is 4.79 Å². The molecule has 0 unspecified atom stereocenters. The molecule has 0 fully saturated rings. The SMILES string of the molecule is O=C(Nc1cc(Cl)ccc1Cl)c1nn(-c2ccccc2)c(=O)c2ccccc12.